The van der Waals surface area contributed by atoms with Gasteiger partial charge in [-0.15, -0.1) is 10.2 Å². The fourth-order valence-electron chi connectivity index (χ4n) is 2.12. The summed E-state index contributed by atoms with van der Waals surface area (Å²) in [5.74, 6) is 1.33. The van der Waals surface area contributed by atoms with E-state index < -0.39 is 0 Å². The number of rotatable bonds is 3. The topological polar surface area (TPSA) is 38.9 Å². The highest BCUT2D eigenvalue weighted by molar-refractivity contribution is 5.61. The van der Waals surface area contributed by atoms with Gasteiger partial charge in [0.2, 0.25) is 11.8 Å². The highest BCUT2D eigenvalue weighted by Gasteiger charge is 2.12. The van der Waals surface area contributed by atoms with Gasteiger partial charge in [0.1, 0.15) is 0 Å². The third-order valence-electron chi connectivity index (χ3n) is 3.23. The Bertz CT molecular complexity index is 620. The highest BCUT2D eigenvalue weighted by atomic mass is 16.4. The van der Waals surface area contributed by atoms with E-state index in [0.717, 1.165) is 18.4 Å². The molecule has 0 saturated heterocycles. The van der Waals surface area contributed by atoms with E-state index in [1.54, 1.807) is 0 Å². The molecule has 3 rings (SSSR count). The van der Waals surface area contributed by atoms with Crippen LogP contribution in [0, 0.1) is 6.92 Å². The second kappa shape index (κ2) is 5.22. The van der Waals surface area contributed by atoms with Gasteiger partial charge in [-0.25, -0.2) is 0 Å². The average Bonchev–Trinajstić information content (AvgIpc) is 2.91. The van der Waals surface area contributed by atoms with Gasteiger partial charge in [-0.05, 0) is 25.3 Å². The predicted octanol–water partition coefficient (Wildman–Crippen LogP) is 3.70. The van der Waals surface area contributed by atoms with Crippen LogP contribution >= 0.6 is 0 Å². The van der Waals surface area contributed by atoms with Crippen LogP contribution in [0.3, 0.4) is 0 Å². The van der Waals surface area contributed by atoms with E-state index in [-0.39, 0.29) is 0 Å². The van der Waals surface area contributed by atoms with Crippen molar-refractivity contribution < 1.29 is 4.42 Å². The second-order valence-electron chi connectivity index (χ2n) is 4.82. The van der Waals surface area contributed by atoms with E-state index in [1.165, 1.54) is 11.1 Å². The summed E-state index contributed by atoms with van der Waals surface area (Å²) in [6.07, 6.45) is 8.95. The molecule has 0 spiro atoms. The summed E-state index contributed by atoms with van der Waals surface area (Å²) >= 11 is 0. The quantitative estimate of drug-likeness (QED) is 0.836. The van der Waals surface area contributed by atoms with Crippen LogP contribution in [0.4, 0.5) is 0 Å². The first-order valence-electron chi connectivity index (χ1n) is 6.55. The molecule has 1 aromatic heterocycles. The van der Waals surface area contributed by atoms with E-state index in [1.807, 2.05) is 12.2 Å². The molecule has 0 unspecified atom stereocenters. The summed E-state index contributed by atoms with van der Waals surface area (Å²) in [6, 6.07) is 8.39. The molecule has 0 atom stereocenters. The van der Waals surface area contributed by atoms with Gasteiger partial charge in [-0.1, -0.05) is 48.1 Å². The number of benzene rings is 1. The van der Waals surface area contributed by atoms with Crippen LogP contribution in [0.1, 0.15) is 35.7 Å². The van der Waals surface area contributed by atoms with Crippen molar-refractivity contribution in [1.29, 1.82) is 0 Å². The molecule has 0 bridgehead atoms. The maximum atomic E-state index is 5.73. The molecule has 0 fully saturated rings. The minimum atomic E-state index is 0.659. The van der Waals surface area contributed by atoms with Crippen molar-refractivity contribution in [3.05, 3.63) is 65.4 Å². The molecule has 0 amide bonds. The lowest BCUT2D eigenvalue weighted by Crippen LogP contribution is -1.88. The zero-order valence-electron chi connectivity index (χ0n) is 11.0. The second-order valence-corrected chi connectivity index (χ2v) is 4.82. The fraction of sp³-hybridized carbons (Fsp3) is 0.250. The van der Waals surface area contributed by atoms with Crippen LogP contribution in [0.25, 0.3) is 5.57 Å². The molecule has 0 radical (unpaired) electrons. The van der Waals surface area contributed by atoms with Crippen LogP contribution in [0.15, 0.2) is 46.9 Å². The molecule has 0 saturated carbocycles. The van der Waals surface area contributed by atoms with Gasteiger partial charge in [-0.2, -0.15) is 0 Å². The number of nitrogens with zero attached hydrogens (tertiary/aromatic N) is 2. The van der Waals surface area contributed by atoms with Crippen molar-refractivity contribution in [1.82, 2.24) is 10.2 Å². The Morgan fingerprint density at radius 2 is 2.00 bits per heavy atom. The van der Waals surface area contributed by atoms with Gasteiger partial charge in [0.05, 0.1) is 6.42 Å². The molecule has 0 N–H and O–H groups in total. The van der Waals surface area contributed by atoms with Crippen LogP contribution in [0.5, 0.6) is 0 Å². The molecule has 1 aliphatic rings. The van der Waals surface area contributed by atoms with Crippen LogP contribution in [0.2, 0.25) is 0 Å². The Labute approximate surface area is 112 Å². The molecule has 3 nitrogen and oxygen atoms in total. The lowest BCUT2D eigenvalue weighted by atomic mass is 10.1. The van der Waals surface area contributed by atoms with E-state index in [0.29, 0.717) is 18.2 Å². The summed E-state index contributed by atoms with van der Waals surface area (Å²) in [5, 5.41) is 8.26. The smallest absolute Gasteiger partial charge is 0.243 e. The Morgan fingerprint density at radius 3 is 2.74 bits per heavy atom. The van der Waals surface area contributed by atoms with Gasteiger partial charge < -0.3 is 4.42 Å². The third-order valence-corrected chi connectivity index (χ3v) is 3.23. The summed E-state index contributed by atoms with van der Waals surface area (Å²) in [4.78, 5) is 0. The minimum absolute atomic E-state index is 0.659. The van der Waals surface area contributed by atoms with E-state index in [9.17, 15) is 0 Å². The molecule has 2 aromatic rings. The lowest BCUT2D eigenvalue weighted by molar-refractivity contribution is 0.491. The molecule has 1 aromatic carbocycles. The Kier molecular flexibility index (Phi) is 3.27. The first-order chi connectivity index (χ1) is 9.31. The number of aromatic nitrogens is 2. The molecule has 19 heavy (non-hydrogen) atoms. The average molecular weight is 252 g/mol. The normalized spacial score (nSPS) is 14.5. The predicted molar refractivity (Wildman–Crippen MR) is 74.6 cm³/mol. The van der Waals surface area contributed by atoms with Crippen molar-refractivity contribution in [2.24, 2.45) is 0 Å². The molecule has 1 aliphatic carbocycles. The standard InChI is InChI=1S/C16H16N2O/c1-12-7-9-13(10-8-12)11-15-17-18-16(19-15)14-5-3-2-4-6-14/h2-3,5,7-10H,4,6,11H2,1H3. The molecule has 3 heteroatoms. The first-order valence-corrected chi connectivity index (χ1v) is 6.55. The van der Waals surface area contributed by atoms with Crippen molar-refractivity contribution in [3.63, 3.8) is 0 Å². The molecular formula is C16H16N2O. The molecule has 0 aliphatic heterocycles. The highest BCUT2D eigenvalue weighted by Crippen LogP contribution is 2.22. The summed E-state index contributed by atoms with van der Waals surface area (Å²) in [5.41, 5.74) is 3.58. The number of allylic oxidation sites excluding steroid dienone is 4. The maximum Gasteiger partial charge on any atom is 0.243 e. The Hall–Kier alpha value is -2.16. The zero-order chi connectivity index (χ0) is 13.1. The Morgan fingerprint density at radius 1 is 1.16 bits per heavy atom. The fourth-order valence-corrected chi connectivity index (χ4v) is 2.12. The van der Waals surface area contributed by atoms with E-state index in [2.05, 4.69) is 47.5 Å². The van der Waals surface area contributed by atoms with Crippen molar-refractivity contribution in [3.8, 4) is 0 Å². The van der Waals surface area contributed by atoms with Gasteiger partial charge in [0.15, 0.2) is 0 Å². The van der Waals surface area contributed by atoms with Crippen LogP contribution in [-0.2, 0) is 6.42 Å². The van der Waals surface area contributed by atoms with Crippen molar-refractivity contribution >= 4 is 5.57 Å². The first kappa shape index (κ1) is 11.9. The largest absolute Gasteiger partial charge is 0.421 e. The molecular weight excluding hydrogens is 236 g/mol. The number of hydrogen-bond donors (Lipinski definition) is 0. The van der Waals surface area contributed by atoms with E-state index >= 15 is 0 Å². The van der Waals surface area contributed by atoms with Gasteiger partial charge in [0.25, 0.3) is 0 Å². The zero-order valence-corrected chi connectivity index (χ0v) is 11.0. The van der Waals surface area contributed by atoms with Crippen LogP contribution in [-0.4, -0.2) is 10.2 Å². The van der Waals surface area contributed by atoms with Crippen LogP contribution < -0.4 is 0 Å². The van der Waals surface area contributed by atoms with Gasteiger partial charge >= 0.3 is 0 Å². The van der Waals surface area contributed by atoms with Crippen molar-refractivity contribution in [2.45, 2.75) is 26.2 Å². The van der Waals surface area contributed by atoms with Gasteiger partial charge in [0, 0.05) is 5.57 Å². The summed E-state index contributed by atoms with van der Waals surface area (Å²) in [6.45, 7) is 2.08. The number of hydrogen-bond acceptors (Lipinski definition) is 3. The summed E-state index contributed by atoms with van der Waals surface area (Å²) < 4.78 is 5.73. The Balaban J connectivity index is 1.76. The molecule has 1 heterocycles. The third kappa shape index (κ3) is 2.81. The van der Waals surface area contributed by atoms with Crippen molar-refractivity contribution in [2.75, 3.05) is 0 Å². The molecule has 96 valence electrons. The monoisotopic (exact) mass is 252 g/mol. The van der Waals surface area contributed by atoms with Gasteiger partial charge in [-0.3, -0.25) is 0 Å². The maximum absolute atomic E-state index is 5.73. The van der Waals surface area contributed by atoms with E-state index in [4.69, 9.17) is 4.42 Å². The minimum Gasteiger partial charge on any atom is -0.421 e. The number of aryl methyl sites for hydroxylation is 1. The SMILES string of the molecule is Cc1ccc(Cc2nnc(C3=CC=CCC3)o2)cc1. The summed E-state index contributed by atoms with van der Waals surface area (Å²) in [7, 11) is 0. The lowest BCUT2D eigenvalue weighted by Gasteiger charge is -2.03.